The van der Waals surface area contributed by atoms with E-state index >= 15 is 0 Å². The van der Waals surface area contributed by atoms with Gasteiger partial charge in [-0.1, -0.05) is 26.2 Å². The molecular formula is C13H27NO. The SMILES string of the molecule is CCOCC(NC)C1CCCC(CC)C1. The monoisotopic (exact) mass is 213 g/mol. The van der Waals surface area contributed by atoms with Crippen LogP contribution in [0.4, 0.5) is 0 Å². The number of rotatable bonds is 6. The molecule has 0 heterocycles. The third kappa shape index (κ3) is 4.12. The number of likely N-dealkylation sites (N-methyl/N-ethyl adjacent to an activating group) is 1. The summed E-state index contributed by atoms with van der Waals surface area (Å²) >= 11 is 0. The minimum Gasteiger partial charge on any atom is -0.380 e. The Labute approximate surface area is 94.8 Å². The lowest BCUT2D eigenvalue weighted by molar-refractivity contribution is 0.0878. The van der Waals surface area contributed by atoms with Crippen molar-refractivity contribution >= 4 is 0 Å². The summed E-state index contributed by atoms with van der Waals surface area (Å²) in [5.41, 5.74) is 0. The van der Waals surface area contributed by atoms with Crippen LogP contribution in [0.3, 0.4) is 0 Å². The van der Waals surface area contributed by atoms with Gasteiger partial charge in [0.25, 0.3) is 0 Å². The predicted octanol–water partition coefficient (Wildman–Crippen LogP) is 2.83. The average molecular weight is 213 g/mol. The lowest BCUT2D eigenvalue weighted by atomic mass is 9.77. The topological polar surface area (TPSA) is 21.3 Å². The summed E-state index contributed by atoms with van der Waals surface area (Å²) in [6.07, 6.45) is 6.98. The molecule has 0 radical (unpaired) electrons. The van der Waals surface area contributed by atoms with E-state index in [0.29, 0.717) is 6.04 Å². The van der Waals surface area contributed by atoms with Gasteiger partial charge < -0.3 is 10.1 Å². The quantitative estimate of drug-likeness (QED) is 0.732. The van der Waals surface area contributed by atoms with Gasteiger partial charge in [0.15, 0.2) is 0 Å². The van der Waals surface area contributed by atoms with Crippen LogP contribution >= 0.6 is 0 Å². The Kier molecular flexibility index (Phi) is 6.26. The molecule has 1 N–H and O–H groups in total. The molecule has 3 atom stereocenters. The molecule has 0 amide bonds. The van der Waals surface area contributed by atoms with Gasteiger partial charge in [-0.15, -0.1) is 0 Å². The van der Waals surface area contributed by atoms with Crippen LogP contribution in [0, 0.1) is 11.8 Å². The summed E-state index contributed by atoms with van der Waals surface area (Å²) in [5, 5.41) is 3.43. The Hall–Kier alpha value is -0.0800. The first-order chi connectivity index (χ1) is 7.31. The molecule has 0 aromatic heterocycles. The Morgan fingerprint density at radius 1 is 1.33 bits per heavy atom. The van der Waals surface area contributed by atoms with Crippen LogP contribution in [-0.2, 0) is 4.74 Å². The first kappa shape index (κ1) is 13.0. The summed E-state index contributed by atoms with van der Waals surface area (Å²) in [6, 6.07) is 0.569. The van der Waals surface area contributed by atoms with Crippen molar-refractivity contribution in [2.75, 3.05) is 20.3 Å². The van der Waals surface area contributed by atoms with Crippen LogP contribution < -0.4 is 5.32 Å². The highest BCUT2D eigenvalue weighted by molar-refractivity contribution is 4.81. The van der Waals surface area contributed by atoms with E-state index < -0.39 is 0 Å². The van der Waals surface area contributed by atoms with Crippen molar-refractivity contribution in [1.29, 1.82) is 0 Å². The van der Waals surface area contributed by atoms with Crippen LogP contribution in [0.25, 0.3) is 0 Å². The maximum absolute atomic E-state index is 5.55. The molecule has 0 aliphatic heterocycles. The third-order valence-corrected chi connectivity index (χ3v) is 3.84. The van der Waals surface area contributed by atoms with E-state index in [2.05, 4.69) is 26.2 Å². The van der Waals surface area contributed by atoms with Crippen molar-refractivity contribution in [2.24, 2.45) is 11.8 Å². The fourth-order valence-electron chi connectivity index (χ4n) is 2.77. The van der Waals surface area contributed by atoms with Crippen molar-refractivity contribution in [3.63, 3.8) is 0 Å². The molecular weight excluding hydrogens is 186 g/mol. The van der Waals surface area contributed by atoms with Crippen LogP contribution in [0.15, 0.2) is 0 Å². The molecule has 1 saturated carbocycles. The summed E-state index contributed by atoms with van der Waals surface area (Å²) in [7, 11) is 2.07. The molecule has 0 saturated heterocycles. The molecule has 1 aliphatic carbocycles. The van der Waals surface area contributed by atoms with Gasteiger partial charge in [-0.3, -0.25) is 0 Å². The Morgan fingerprint density at radius 2 is 2.13 bits per heavy atom. The lowest BCUT2D eigenvalue weighted by Crippen LogP contribution is -2.40. The maximum atomic E-state index is 5.55. The molecule has 0 bridgehead atoms. The fourth-order valence-corrected chi connectivity index (χ4v) is 2.77. The smallest absolute Gasteiger partial charge is 0.0622 e. The molecule has 1 fully saturated rings. The van der Waals surface area contributed by atoms with Crippen molar-refractivity contribution in [1.82, 2.24) is 5.32 Å². The van der Waals surface area contributed by atoms with E-state index in [0.717, 1.165) is 25.0 Å². The molecule has 0 aromatic carbocycles. The highest BCUT2D eigenvalue weighted by Gasteiger charge is 2.26. The van der Waals surface area contributed by atoms with E-state index in [1.807, 2.05) is 0 Å². The number of hydrogen-bond donors (Lipinski definition) is 1. The van der Waals surface area contributed by atoms with E-state index in [-0.39, 0.29) is 0 Å². The van der Waals surface area contributed by atoms with E-state index in [9.17, 15) is 0 Å². The molecule has 15 heavy (non-hydrogen) atoms. The summed E-state index contributed by atoms with van der Waals surface area (Å²) in [6.45, 7) is 6.11. The van der Waals surface area contributed by atoms with Crippen LogP contribution in [0.2, 0.25) is 0 Å². The second-order valence-corrected chi connectivity index (χ2v) is 4.76. The van der Waals surface area contributed by atoms with Crippen molar-refractivity contribution in [3.8, 4) is 0 Å². The molecule has 90 valence electrons. The zero-order valence-electron chi connectivity index (χ0n) is 10.6. The Bertz CT molecular complexity index is 161. The molecule has 0 aromatic rings. The van der Waals surface area contributed by atoms with Crippen LogP contribution in [0.5, 0.6) is 0 Å². The minimum atomic E-state index is 0.569. The van der Waals surface area contributed by atoms with Gasteiger partial charge in [-0.25, -0.2) is 0 Å². The number of nitrogens with one attached hydrogen (secondary N) is 1. The van der Waals surface area contributed by atoms with Crippen molar-refractivity contribution in [3.05, 3.63) is 0 Å². The van der Waals surface area contributed by atoms with Crippen molar-refractivity contribution in [2.45, 2.75) is 52.0 Å². The van der Waals surface area contributed by atoms with Gasteiger partial charge in [0, 0.05) is 12.6 Å². The number of hydrogen-bond acceptors (Lipinski definition) is 2. The third-order valence-electron chi connectivity index (χ3n) is 3.84. The largest absolute Gasteiger partial charge is 0.380 e. The maximum Gasteiger partial charge on any atom is 0.0622 e. The minimum absolute atomic E-state index is 0.569. The van der Waals surface area contributed by atoms with Crippen LogP contribution in [0.1, 0.15) is 46.0 Å². The molecule has 3 unspecified atom stereocenters. The second kappa shape index (κ2) is 7.24. The zero-order chi connectivity index (χ0) is 11.1. The average Bonchev–Trinajstić information content (AvgIpc) is 2.30. The lowest BCUT2D eigenvalue weighted by Gasteiger charge is -2.34. The molecule has 0 spiro atoms. The van der Waals surface area contributed by atoms with Gasteiger partial charge in [-0.05, 0) is 38.6 Å². The van der Waals surface area contributed by atoms with E-state index in [4.69, 9.17) is 4.74 Å². The second-order valence-electron chi connectivity index (χ2n) is 4.76. The van der Waals surface area contributed by atoms with E-state index in [1.165, 1.54) is 32.1 Å². The van der Waals surface area contributed by atoms with E-state index in [1.54, 1.807) is 0 Å². The van der Waals surface area contributed by atoms with Gasteiger partial charge in [-0.2, -0.15) is 0 Å². The van der Waals surface area contributed by atoms with Gasteiger partial charge in [0.1, 0.15) is 0 Å². The van der Waals surface area contributed by atoms with Gasteiger partial charge in [0.2, 0.25) is 0 Å². The molecule has 1 rings (SSSR count). The summed E-state index contributed by atoms with van der Waals surface area (Å²) in [4.78, 5) is 0. The Balaban J connectivity index is 2.37. The summed E-state index contributed by atoms with van der Waals surface area (Å²) < 4.78 is 5.55. The highest BCUT2D eigenvalue weighted by atomic mass is 16.5. The molecule has 1 aliphatic rings. The molecule has 2 nitrogen and oxygen atoms in total. The zero-order valence-corrected chi connectivity index (χ0v) is 10.6. The van der Waals surface area contributed by atoms with Crippen LogP contribution in [-0.4, -0.2) is 26.3 Å². The standard InChI is InChI=1S/C13H27NO/c1-4-11-7-6-8-12(9-11)13(14-3)10-15-5-2/h11-14H,4-10H2,1-3H3. The van der Waals surface area contributed by atoms with Gasteiger partial charge in [0.05, 0.1) is 6.61 Å². The van der Waals surface area contributed by atoms with Gasteiger partial charge >= 0.3 is 0 Å². The normalized spacial score (nSPS) is 29.0. The molecule has 2 heteroatoms. The van der Waals surface area contributed by atoms with Crippen molar-refractivity contribution < 1.29 is 4.74 Å². The Morgan fingerprint density at radius 3 is 2.73 bits per heavy atom. The first-order valence-corrected chi connectivity index (χ1v) is 6.56. The highest BCUT2D eigenvalue weighted by Crippen LogP contribution is 2.32. The fraction of sp³-hybridized carbons (Fsp3) is 1.00. The predicted molar refractivity (Wildman–Crippen MR) is 65.1 cm³/mol. The number of ether oxygens (including phenoxy) is 1. The summed E-state index contributed by atoms with van der Waals surface area (Å²) in [5.74, 6) is 1.79. The first-order valence-electron chi connectivity index (χ1n) is 6.56.